The van der Waals surface area contributed by atoms with E-state index in [1.807, 2.05) is 11.8 Å². The van der Waals surface area contributed by atoms with Gasteiger partial charge >= 0.3 is 0 Å². The second-order valence-electron chi connectivity index (χ2n) is 6.54. The molecule has 0 spiro atoms. The molecule has 0 aromatic carbocycles. The van der Waals surface area contributed by atoms with Crippen LogP contribution in [0.4, 0.5) is 0 Å². The molecule has 0 aromatic heterocycles. The number of hydrogen-bond acceptors (Lipinski definition) is 2. The molecule has 1 fully saturated rings. The summed E-state index contributed by atoms with van der Waals surface area (Å²) in [6.45, 7) is 4.43. The zero-order valence-corrected chi connectivity index (χ0v) is 14.5. The van der Waals surface area contributed by atoms with E-state index >= 15 is 0 Å². The first-order valence-corrected chi connectivity index (χ1v) is 9.85. The number of carbonyl (C=O) groups is 1. The van der Waals surface area contributed by atoms with Gasteiger partial charge in [-0.15, -0.1) is 11.8 Å². The van der Waals surface area contributed by atoms with Crippen molar-refractivity contribution in [2.24, 2.45) is 0 Å². The Morgan fingerprint density at radius 1 is 0.950 bits per heavy atom. The maximum absolute atomic E-state index is 12.2. The average molecular weight is 299 g/mol. The van der Waals surface area contributed by atoms with Crippen LogP contribution in [0, 0.1) is 0 Å². The van der Waals surface area contributed by atoms with Crippen molar-refractivity contribution in [3.63, 3.8) is 0 Å². The summed E-state index contributed by atoms with van der Waals surface area (Å²) in [5, 5.41) is 0. The van der Waals surface area contributed by atoms with E-state index in [-0.39, 0.29) is 4.75 Å². The van der Waals surface area contributed by atoms with Gasteiger partial charge in [-0.25, -0.2) is 0 Å². The van der Waals surface area contributed by atoms with Gasteiger partial charge in [0, 0.05) is 6.42 Å². The summed E-state index contributed by atoms with van der Waals surface area (Å²) in [7, 11) is 0. The Kier molecular flexibility index (Phi) is 9.67. The highest BCUT2D eigenvalue weighted by atomic mass is 32.2. The highest BCUT2D eigenvalue weighted by Gasteiger charge is 2.35. The van der Waals surface area contributed by atoms with E-state index in [1.54, 1.807) is 0 Å². The minimum absolute atomic E-state index is 0.0285. The summed E-state index contributed by atoms with van der Waals surface area (Å²) < 4.78 is -0.0285. The first-order chi connectivity index (χ1) is 9.69. The van der Waals surface area contributed by atoms with E-state index in [0.29, 0.717) is 5.78 Å². The van der Waals surface area contributed by atoms with Crippen molar-refractivity contribution in [1.29, 1.82) is 0 Å². The van der Waals surface area contributed by atoms with Crippen LogP contribution in [-0.4, -0.2) is 16.3 Å². The monoisotopic (exact) mass is 298 g/mol. The maximum Gasteiger partial charge on any atom is 0.148 e. The third-order valence-electron chi connectivity index (χ3n) is 4.57. The fourth-order valence-electron chi connectivity index (χ4n) is 3.04. The van der Waals surface area contributed by atoms with Gasteiger partial charge in [0.15, 0.2) is 0 Å². The van der Waals surface area contributed by atoms with Crippen LogP contribution in [0.15, 0.2) is 0 Å². The summed E-state index contributed by atoms with van der Waals surface area (Å²) in [6.07, 6.45) is 16.6. The van der Waals surface area contributed by atoms with Crippen molar-refractivity contribution in [3.05, 3.63) is 0 Å². The zero-order valence-electron chi connectivity index (χ0n) is 13.7. The van der Waals surface area contributed by atoms with Crippen LogP contribution in [-0.2, 0) is 4.79 Å². The molecule has 0 saturated carbocycles. The van der Waals surface area contributed by atoms with Gasteiger partial charge < -0.3 is 0 Å². The Hall–Kier alpha value is 0.0200. The molecule has 1 unspecified atom stereocenters. The van der Waals surface area contributed by atoms with Crippen molar-refractivity contribution >= 4 is 17.5 Å². The first kappa shape index (κ1) is 18.1. The molecular formula is C18H34OS. The lowest BCUT2D eigenvalue weighted by Crippen LogP contribution is -2.28. The standard InChI is InChI=1S/C18H34OS/c1-3-4-5-6-7-8-9-10-11-12-14-17(19)18(2)15-13-16-20-18/h3-16H2,1-2H3. The van der Waals surface area contributed by atoms with E-state index in [4.69, 9.17) is 0 Å². The number of thioether (sulfide) groups is 1. The highest BCUT2D eigenvalue weighted by Crippen LogP contribution is 2.39. The van der Waals surface area contributed by atoms with Gasteiger partial charge in [-0.1, -0.05) is 64.7 Å². The smallest absolute Gasteiger partial charge is 0.148 e. The molecular weight excluding hydrogens is 264 g/mol. The molecule has 0 N–H and O–H groups in total. The molecule has 0 amide bonds. The predicted molar refractivity (Wildman–Crippen MR) is 91.6 cm³/mol. The van der Waals surface area contributed by atoms with E-state index in [0.717, 1.165) is 19.3 Å². The van der Waals surface area contributed by atoms with Crippen LogP contribution < -0.4 is 0 Å². The molecule has 1 aliphatic rings. The lowest BCUT2D eigenvalue weighted by Gasteiger charge is -2.20. The Bertz CT molecular complexity index is 256. The van der Waals surface area contributed by atoms with Gasteiger partial charge in [0.1, 0.15) is 5.78 Å². The molecule has 1 aliphatic heterocycles. The normalized spacial score (nSPS) is 22.3. The van der Waals surface area contributed by atoms with Crippen LogP contribution in [0.1, 0.15) is 97.3 Å². The molecule has 0 radical (unpaired) electrons. The molecule has 118 valence electrons. The molecule has 0 aliphatic carbocycles. The van der Waals surface area contributed by atoms with Gasteiger partial charge in [0.25, 0.3) is 0 Å². The number of carbonyl (C=O) groups excluding carboxylic acids is 1. The average Bonchev–Trinajstić information content (AvgIpc) is 2.89. The topological polar surface area (TPSA) is 17.1 Å². The molecule has 0 bridgehead atoms. The molecule has 2 heteroatoms. The predicted octanol–water partition coefficient (Wildman–Crippen LogP) is 6.15. The van der Waals surface area contributed by atoms with Crippen LogP contribution in [0.25, 0.3) is 0 Å². The maximum atomic E-state index is 12.2. The summed E-state index contributed by atoms with van der Waals surface area (Å²) in [5.41, 5.74) is 0. The molecule has 1 saturated heterocycles. The van der Waals surface area contributed by atoms with Crippen molar-refractivity contribution in [2.75, 3.05) is 5.75 Å². The van der Waals surface area contributed by atoms with Gasteiger partial charge in [-0.3, -0.25) is 4.79 Å². The van der Waals surface area contributed by atoms with Crippen LogP contribution >= 0.6 is 11.8 Å². The Balaban J connectivity index is 1.88. The Labute approximate surface area is 130 Å². The van der Waals surface area contributed by atoms with Crippen LogP contribution in [0.3, 0.4) is 0 Å². The van der Waals surface area contributed by atoms with Crippen molar-refractivity contribution in [1.82, 2.24) is 0 Å². The van der Waals surface area contributed by atoms with Gasteiger partial charge in [-0.2, -0.15) is 0 Å². The summed E-state index contributed by atoms with van der Waals surface area (Å²) in [5.74, 6) is 1.69. The lowest BCUT2D eigenvalue weighted by atomic mass is 9.95. The number of Topliss-reactive ketones (excluding diaryl/α,β-unsaturated/α-hetero) is 1. The van der Waals surface area contributed by atoms with Gasteiger partial charge in [0.2, 0.25) is 0 Å². The lowest BCUT2D eigenvalue weighted by molar-refractivity contribution is -0.121. The molecule has 0 aromatic rings. The Morgan fingerprint density at radius 2 is 1.50 bits per heavy atom. The fourth-order valence-corrected chi connectivity index (χ4v) is 4.33. The summed E-state index contributed by atoms with van der Waals surface area (Å²) in [4.78, 5) is 12.2. The third-order valence-corrected chi connectivity index (χ3v) is 6.13. The molecule has 1 heterocycles. The quantitative estimate of drug-likeness (QED) is 0.402. The largest absolute Gasteiger partial charge is 0.298 e. The molecule has 1 atom stereocenters. The van der Waals surface area contributed by atoms with E-state index < -0.39 is 0 Å². The molecule has 1 nitrogen and oxygen atoms in total. The van der Waals surface area contributed by atoms with Crippen LogP contribution in [0.5, 0.6) is 0 Å². The number of hydrogen-bond donors (Lipinski definition) is 0. The van der Waals surface area contributed by atoms with E-state index in [2.05, 4.69) is 13.8 Å². The Morgan fingerprint density at radius 3 is 2.00 bits per heavy atom. The minimum Gasteiger partial charge on any atom is -0.298 e. The third kappa shape index (κ3) is 7.15. The SMILES string of the molecule is CCCCCCCCCCCCC(=O)C1(C)CCCS1. The minimum atomic E-state index is -0.0285. The molecule has 20 heavy (non-hydrogen) atoms. The number of ketones is 1. The highest BCUT2D eigenvalue weighted by molar-refractivity contribution is 8.01. The van der Waals surface area contributed by atoms with E-state index in [1.165, 1.54) is 70.0 Å². The van der Waals surface area contributed by atoms with Crippen molar-refractivity contribution < 1.29 is 4.79 Å². The second kappa shape index (κ2) is 10.7. The van der Waals surface area contributed by atoms with E-state index in [9.17, 15) is 4.79 Å². The fraction of sp³-hybridized carbons (Fsp3) is 0.944. The number of unbranched alkanes of at least 4 members (excludes halogenated alkanes) is 9. The van der Waals surface area contributed by atoms with Gasteiger partial charge in [-0.05, 0) is 31.9 Å². The van der Waals surface area contributed by atoms with Gasteiger partial charge in [0.05, 0.1) is 4.75 Å². The van der Waals surface area contributed by atoms with Crippen molar-refractivity contribution in [3.8, 4) is 0 Å². The molecule has 1 rings (SSSR count). The summed E-state index contributed by atoms with van der Waals surface area (Å²) in [6, 6.07) is 0. The first-order valence-electron chi connectivity index (χ1n) is 8.86. The van der Waals surface area contributed by atoms with Crippen LogP contribution in [0.2, 0.25) is 0 Å². The zero-order chi connectivity index (χ0) is 14.7. The number of rotatable bonds is 12. The second-order valence-corrected chi connectivity index (χ2v) is 8.14. The summed E-state index contributed by atoms with van der Waals surface area (Å²) >= 11 is 1.88. The van der Waals surface area contributed by atoms with Crippen molar-refractivity contribution in [2.45, 2.75) is 102 Å².